The normalized spacial score (nSPS) is 14.3. The van der Waals surface area contributed by atoms with Crippen LogP contribution >= 0.6 is 10.9 Å². The molecule has 0 rings (SSSR count). The van der Waals surface area contributed by atoms with Crippen molar-refractivity contribution in [1.82, 2.24) is 9.66 Å². The van der Waals surface area contributed by atoms with Crippen LogP contribution in [0.4, 0.5) is 0 Å². The zero-order chi connectivity index (χ0) is 5.91. The minimum Gasteiger partial charge on any atom is -0.312 e. The van der Waals surface area contributed by atoms with Gasteiger partial charge in [0.1, 0.15) is 0 Å². The van der Waals surface area contributed by atoms with Crippen LogP contribution in [0.25, 0.3) is 0 Å². The molecule has 0 amide bonds. The third-order valence-corrected chi connectivity index (χ3v) is 1.08. The lowest BCUT2D eigenvalue weighted by Gasteiger charge is -2.24. The smallest absolute Gasteiger partial charge is 0.0610 e. The van der Waals surface area contributed by atoms with Gasteiger partial charge in [0.05, 0.1) is 10.9 Å². The van der Waals surface area contributed by atoms with Crippen LogP contribution in [-0.2, 0) is 0 Å². The SMILES string of the molecule is NNS(N)(O)NN. The lowest BCUT2D eigenvalue weighted by Crippen LogP contribution is -2.45. The van der Waals surface area contributed by atoms with Crippen LogP contribution in [0, 0.1) is 0 Å². The Morgan fingerprint density at radius 2 is 1.57 bits per heavy atom. The van der Waals surface area contributed by atoms with Gasteiger partial charge in [-0.2, -0.15) is 9.66 Å². The molecule has 0 aromatic carbocycles. The first-order valence-corrected chi connectivity index (χ1v) is 3.06. The van der Waals surface area contributed by atoms with Crippen molar-refractivity contribution in [2.45, 2.75) is 0 Å². The average Bonchev–Trinajstić information content (AvgIpc) is 1.68. The van der Waals surface area contributed by atoms with Crippen LogP contribution in [0.2, 0.25) is 0 Å². The molecule has 0 aromatic rings. The summed E-state index contributed by atoms with van der Waals surface area (Å²) in [5.41, 5.74) is 0. The average molecular weight is 127 g/mol. The predicted octanol–water partition coefficient (Wildman–Crippen LogP) is -2.11. The minimum atomic E-state index is -2.60. The largest absolute Gasteiger partial charge is 0.312 e. The van der Waals surface area contributed by atoms with E-state index in [2.05, 4.69) is 11.7 Å². The van der Waals surface area contributed by atoms with Crippen molar-refractivity contribution in [2.24, 2.45) is 16.8 Å². The first kappa shape index (κ1) is 7.11. The molecule has 6 nitrogen and oxygen atoms in total. The molecule has 0 saturated carbocycles. The molecule has 46 valence electrons. The molecule has 0 radical (unpaired) electrons. The van der Waals surface area contributed by atoms with Gasteiger partial charge in [-0.1, -0.05) is 0 Å². The van der Waals surface area contributed by atoms with Crippen LogP contribution in [-0.4, -0.2) is 4.55 Å². The maximum Gasteiger partial charge on any atom is 0.0610 e. The van der Waals surface area contributed by atoms with E-state index in [4.69, 9.17) is 9.69 Å². The fourth-order valence-corrected chi connectivity index (χ4v) is 0.102. The molecular formula is H9N5OS. The van der Waals surface area contributed by atoms with Crippen molar-refractivity contribution in [3.63, 3.8) is 0 Å². The second kappa shape index (κ2) is 2.43. The van der Waals surface area contributed by atoms with Gasteiger partial charge in [-0.15, -0.1) is 0 Å². The van der Waals surface area contributed by atoms with E-state index in [1.165, 1.54) is 0 Å². The summed E-state index contributed by atoms with van der Waals surface area (Å²) in [4.78, 5) is 3.74. The Balaban J connectivity index is 3.36. The van der Waals surface area contributed by atoms with Gasteiger partial charge in [0.25, 0.3) is 0 Å². The molecule has 9 N–H and O–H groups in total. The maximum atomic E-state index is 8.52. The van der Waals surface area contributed by atoms with E-state index in [1.54, 1.807) is 0 Å². The lowest BCUT2D eigenvalue weighted by molar-refractivity contribution is 0.595. The fourth-order valence-electron chi connectivity index (χ4n) is 0.0340. The van der Waals surface area contributed by atoms with E-state index in [1.807, 2.05) is 9.66 Å². The van der Waals surface area contributed by atoms with E-state index in [9.17, 15) is 0 Å². The zero-order valence-corrected chi connectivity index (χ0v) is 4.40. The first-order valence-electron chi connectivity index (χ1n) is 1.40. The molecule has 0 atom stereocenters. The van der Waals surface area contributed by atoms with E-state index in [0.29, 0.717) is 0 Å². The van der Waals surface area contributed by atoms with Crippen molar-refractivity contribution >= 4 is 10.9 Å². The summed E-state index contributed by atoms with van der Waals surface area (Å²) < 4.78 is 8.52. The second-order valence-corrected chi connectivity index (χ2v) is 2.58. The molecular weight excluding hydrogens is 118 g/mol. The van der Waals surface area contributed by atoms with Crippen LogP contribution in [0.3, 0.4) is 0 Å². The molecule has 0 aromatic heterocycles. The Kier molecular flexibility index (Phi) is 2.46. The topological polar surface area (TPSA) is 122 Å². The predicted molar refractivity (Wildman–Crippen MR) is 29.1 cm³/mol. The van der Waals surface area contributed by atoms with Gasteiger partial charge < -0.3 is 4.55 Å². The Morgan fingerprint density at radius 1 is 1.29 bits per heavy atom. The van der Waals surface area contributed by atoms with Crippen LogP contribution in [0.1, 0.15) is 0 Å². The van der Waals surface area contributed by atoms with Gasteiger partial charge in [0.2, 0.25) is 0 Å². The van der Waals surface area contributed by atoms with Crippen molar-refractivity contribution in [1.29, 1.82) is 0 Å². The summed E-state index contributed by atoms with van der Waals surface area (Å²) in [6.07, 6.45) is 0. The summed E-state index contributed by atoms with van der Waals surface area (Å²) in [5, 5.41) is 4.88. The van der Waals surface area contributed by atoms with Gasteiger partial charge >= 0.3 is 0 Å². The first-order chi connectivity index (χ1) is 3.12. The molecule has 0 aliphatic rings. The number of hydrazine groups is 2. The van der Waals surface area contributed by atoms with Crippen molar-refractivity contribution < 1.29 is 4.55 Å². The Morgan fingerprint density at radius 3 is 1.57 bits per heavy atom. The van der Waals surface area contributed by atoms with E-state index < -0.39 is 10.9 Å². The van der Waals surface area contributed by atoms with E-state index >= 15 is 0 Å². The van der Waals surface area contributed by atoms with Gasteiger partial charge in [-0.3, -0.25) is 11.7 Å². The van der Waals surface area contributed by atoms with Gasteiger partial charge in [-0.05, 0) is 0 Å². The number of hydrogen-bond donors (Lipinski definition) is 6. The summed E-state index contributed by atoms with van der Waals surface area (Å²) in [6, 6.07) is 0. The van der Waals surface area contributed by atoms with Gasteiger partial charge in [-0.25, -0.2) is 5.14 Å². The molecule has 0 unspecified atom stereocenters. The highest BCUT2D eigenvalue weighted by atomic mass is 32.3. The molecule has 0 saturated heterocycles. The minimum absolute atomic E-state index is 1.87. The third kappa shape index (κ3) is 2.76. The van der Waals surface area contributed by atoms with E-state index in [-0.39, 0.29) is 0 Å². The second-order valence-electron chi connectivity index (χ2n) is 0.861. The number of rotatable bonds is 2. The van der Waals surface area contributed by atoms with Gasteiger partial charge in [0.15, 0.2) is 0 Å². The molecule has 0 spiro atoms. The molecule has 0 bridgehead atoms. The molecule has 7 heteroatoms. The highest BCUT2D eigenvalue weighted by Gasteiger charge is 2.05. The fraction of sp³-hybridized carbons (Fsp3) is 0. The zero-order valence-electron chi connectivity index (χ0n) is 3.59. The summed E-state index contributed by atoms with van der Waals surface area (Å²) in [7, 11) is -2.60. The van der Waals surface area contributed by atoms with E-state index in [0.717, 1.165) is 0 Å². The highest BCUT2D eigenvalue weighted by molar-refractivity contribution is 8.23. The number of nitrogens with two attached hydrogens (primary N) is 3. The monoisotopic (exact) mass is 127 g/mol. The van der Waals surface area contributed by atoms with Crippen LogP contribution in [0.5, 0.6) is 0 Å². The summed E-state index contributed by atoms with van der Waals surface area (Å²) >= 11 is 0. The standard InChI is InChI=1S/H9N5OS/c1-4-7(3,6)5-2/h4-6H,1-3H2. The number of hydrogen-bond acceptors (Lipinski definition) is 6. The Bertz CT molecular complexity index is 46.0. The van der Waals surface area contributed by atoms with Gasteiger partial charge in [0, 0.05) is 0 Å². The molecule has 0 aliphatic carbocycles. The Labute approximate surface area is 42.9 Å². The van der Waals surface area contributed by atoms with Crippen molar-refractivity contribution in [2.75, 3.05) is 0 Å². The molecule has 0 heterocycles. The third-order valence-electron chi connectivity index (χ3n) is 0.359. The Hall–Kier alpha value is 0.110. The summed E-state index contributed by atoms with van der Waals surface area (Å²) in [6.45, 7) is 0. The maximum absolute atomic E-state index is 8.52. The van der Waals surface area contributed by atoms with Crippen molar-refractivity contribution in [3.8, 4) is 0 Å². The lowest BCUT2D eigenvalue weighted by atomic mass is 12.9. The van der Waals surface area contributed by atoms with Crippen LogP contribution in [0.15, 0.2) is 0 Å². The van der Waals surface area contributed by atoms with Crippen LogP contribution < -0.4 is 26.5 Å². The molecule has 0 fully saturated rings. The molecule has 7 heavy (non-hydrogen) atoms. The summed E-state index contributed by atoms with van der Waals surface area (Å²) in [5.74, 6) is 9.37. The highest BCUT2D eigenvalue weighted by Crippen LogP contribution is 2.16. The number of nitrogens with one attached hydrogen (secondary N) is 2. The molecule has 0 aliphatic heterocycles. The van der Waals surface area contributed by atoms with Crippen molar-refractivity contribution in [3.05, 3.63) is 0 Å². The quantitative estimate of drug-likeness (QED) is 0.186.